The number of β-amino-alcohol motifs (C(OH)–C–C–N with tert-alkyl or cyclic N) is 1. The number of nitrogens with zero attached hydrogens (tertiary/aromatic N) is 4. The summed E-state index contributed by atoms with van der Waals surface area (Å²) >= 11 is 0. The van der Waals surface area contributed by atoms with Crippen molar-refractivity contribution < 1.29 is 18.1 Å². The second kappa shape index (κ2) is 6.45. The summed E-state index contributed by atoms with van der Waals surface area (Å²) in [6.45, 7) is 2.11. The lowest BCUT2D eigenvalue weighted by molar-refractivity contribution is -0.00603. The fourth-order valence-corrected chi connectivity index (χ4v) is 4.50. The first-order valence-electron chi connectivity index (χ1n) is 9.08. The first-order valence-corrected chi connectivity index (χ1v) is 11.0. The van der Waals surface area contributed by atoms with Gasteiger partial charge in [0.25, 0.3) is 5.92 Å². The van der Waals surface area contributed by atoms with Crippen molar-refractivity contribution in [3.8, 4) is 11.3 Å². The molecule has 0 bridgehead atoms. The fraction of sp³-hybridized carbons (Fsp3) is 0.474. The Balaban J connectivity index is 1.89. The first kappa shape index (κ1) is 19.2. The van der Waals surface area contributed by atoms with Crippen molar-refractivity contribution >= 4 is 15.7 Å². The van der Waals surface area contributed by atoms with E-state index in [1.54, 1.807) is 42.3 Å². The van der Waals surface area contributed by atoms with Gasteiger partial charge in [0.05, 0.1) is 27.6 Å². The number of fused-ring (bicyclic) bond motifs is 1. The van der Waals surface area contributed by atoms with E-state index < -0.39 is 21.8 Å². The summed E-state index contributed by atoms with van der Waals surface area (Å²) < 4.78 is 45.5. The van der Waals surface area contributed by atoms with E-state index in [0.29, 0.717) is 28.3 Å². The van der Waals surface area contributed by atoms with Gasteiger partial charge in [-0.15, -0.1) is 0 Å². The van der Waals surface area contributed by atoms with Crippen LogP contribution in [0, 0.1) is 0 Å². The van der Waals surface area contributed by atoms with Crippen LogP contribution >= 0.6 is 0 Å². The number of halogens is 2. The topological polar surface area (TPSA) is 78.7 Å². The summed E-state index contributed by atoms with van der Waals surface area (Å²) in [5.41, 5.74) is 1.22. The Labute approximate surface area is 162 Å². The number of aliphatic hydroxyl groups is 1. The van der Waals surface area contributed by atoms with E-state index in [-0.39, 0.29) is 30.5 Å². The van der Waals surface area contributed by atoms with Crippen molar-refractivity contribution in [2.24, 2.45) is 4.36 Å². The predicted molar refractivity (Wildman–Crippen MR) is 103 cm³/mol. The Kier molecular flexibility index (Phi) is 4.42. The molecule has 1 aliphatic carbocycles. The zero-order chi connectivity index (χ0) is 20.3. The number of rotatable bonds is 3. The van der Waals surface area contributed by atoms with Gasteiger partial charge in [-0.25, -0.2) is 18.5 Å². The normalized spacial score (nSPS) is 25.0. The van der Waals surface area contributed by atoms with Crippen molar-refractivity contribution in [2.45, 2.75) is 42.7 Å². The molecule has 2 aromatic rings. The maximum Gasteiger partial charge on any atom is 0.290 e. The van der Waals surface area contributed by atoms with Crippen LogP contribution in [-0.2, 0) is 22.1 Å². The Morgan fingerprint density at radius 1 is 1.36 bits per heavy atom. The fourth-order valence-electron chi connectivity index (χ4n) is 3.62. The third-order valence-electron chi connectivity index (χ3n) is 5.61. The summed E-state index contributed by atoms with van der Waals surface area (Å²) in [6, 6.07) is 6.68. The van der Waals surface area contributed by atoms with Crippen LogP contribution in [0.1, 0.15) is 24.6 Å². The molecular formula is C19H22F2N4O2S. The molecule has 0 amide bonds. The lowest BCUT2D eigenvalue weighted by Gasteiger charge is -2.43. The van der Waals surface area contributed by atoms with Gasteiger partial charge in [-0.1, -0.05) is 12.1 Å². The zero-order valence-electron chi connectivity index (χ0n) is 15.9. The van der Waals surface area contributed by atoms with Crippen LogP contribution in [0.25, 0.3) is 11.3 Å². The Morgan fingerprint density at radius 2 is 2.11 bits per heavy atom. The second-order valence-electron chi connectivity index (χ2n) is 7.38. The van der Waals surface area contributed by atoms with E-state index in [0.717, 1.165) is 0 Å². The van der Waals surface area contributed by atoms with Crippen molar-refractivity contribution in [3.63, 3.8) is 0 Å². The SMILES string of the molecule is CN=S(C)(=O)c1cccc(-c2nc(N3C[C@@H](O)[C@@H]3C)nc3c2CCC3(F)F)c1. The molecule has 3 atom stereocenters. The maximum atomic E-state index is 14.5. The quantitative estimate of drug-likeness (QED) is 0.845. The molecule has 2 heterocycles. The summed E-state index contributed by atoms with van der Waals surface area (Å²) in [7, 11) is -1.07. The molecule has 6 nitrogen and oxygen atoms in total. The van der Waals surface area contributed by atoms with E-state index in [1.807, 2.05) is 0 Å². The zero-order valence-corrected chi connectivity index (χ0v) is 16.7. The largest absolute Gasteiger partial charge is 0.389 e. The molecule has 1 saturated heterocycles. The first-order chi connectivity index (χ1) is 13.1. The van der Waals surface area contributed by atoms with E-state index in [2.05, 4.69) is 14.3 Å². The van der Waals surface area contributed by atoms with Gasteiger partial charge < -0.3 is 10.0 Å². The maximum absolute atomic E-state index is 14.5. The lowest BCUT2D eigenvalue weighted by atomic mass is 10.0. The minimum atomic E-state index is -3.01. The summed E-state index contributed by atoms with van der Waals surface area (Å²) in [5, 5.41) is 9.80. The molecule has 28 heavy (non-hydrogen) atoms. The molecular weight excluding hydrogens is 386 g/mol. The van der Waals surface area contributed by atoms with E-state index in [9.17, 15) is 18.1 Å². The standard InChI is InChI=1S/C19H22F2N4O2S/c1-11-15(26)10-25(11)18-23-16(14-7-8-19(20,21)17(14)24-18)12-5-4-6-13(9-12)28(3,27)22-2/h4-6,9,11,15,26H,7-8,10H2,1-3H3/t11-,15+,28?/m0/s1. The van der Waals surface area contributed by atoms with Crippen LogP contribution in [-0.4, -0.2) is 51.3 Å². The minimum Gasteiger partial charge on any atom is -0.389 e. The molecule has 1 N–H and O–H groups in total. The summed E-state index contributed by atoms with van der Waals surface area (Å²) in [4.78, 5) is 11.0. The third kappa shape index (κ3) is 2.97. The van der Waals surface area contributed by atoms with E-state index >= 15 is 0 Å². The Hall–Kier alpha value is -2.13. The van der Waals surface area contributed by atoms with Crippen LogP contribution in [0.5, 0.6) is 0 Å². The van der Waals surface area contributed by atoms with Crippen LogP contribution in [0.4, 0.5) is 14.7 Å². The van der Waals surface area contributed by atoms with Gasteiger partial charge in [-0.05, 0) is 25.5 Å². The Bertz CT molecular complexity index is 1070. The highest BCUT2D eigenvalue weighted by Gasteiger charge is 2.45. The molecule has 1 aromatic carbocycles. The smallest absolute Gasteiger partial charge is 0.290 e. The molecule has 4 rings (SSSR count). The van der Waals surface area contributed by atoms with Gasteiger partial charge >= 0.3 is 0 Å². The molecule has 0 saturated carbocycles. The number of hydrogen-bond donors (Lipinski definition) is 1. The number of benzene rings is 1. The monoisotopic (exact) mass is 408 g/mol. The molecule has 1 unspecified atom stereocenters. The highest BCUT2D eigenvalue weighted by Crippen LogP contribution is 2.45. The van der Waals surface area contributed by atoms with Crippen molar-refractivity contribution in [1.29, 1.82) is 0 Å². The lowest BCUT2D eigenvalue weighted by Crippen LogP contribution is -2.59. The van der Waals surface area contributed by atoms with Gasteiger partial charge in [0.15, 0.2) is 0 Å². The Morgan fingerprint density at radius 3 is 2.75 bits per heavy atom. The molecule has 1 aromatic heterocycles. The minimum absolute atomic E-state index is 0.181. The number of aliphatic hydroxyl groups excluding tert-OH is 1. The molecule has 2 aliphatic rings. The average Bonchev–Trinajstić information content (AvgIpc) is 3.00. The number of alkyl halides is 2. The van der Waals surface area contributed by atoms with Gasteiger partial charge in [0.2, 0.25) is 5.95 Å². The molecule has 9 heteroatoms. The highest BCUT2D eigenvalue weighted by atomic mass is 32.2. The third-order valence-corrected chi connectivity index (χ3v) is 7.44. The van der Waals surface area contributed by atoms with E-state index in [1.165, 1.54) is 7.05 Å². The molecule has 1 aliphatic heterocycles. The molecule has 150 valence electrons. The van der Waals surface area contributed by atoms with E-state index in [4.69, 9.17) is 0 Å². The molecule has 1 fully saturated rings. The summed E-state index contributed by atoms with van der Waals surface area (Å²) in [5.74, 6) is -2.82. The van der Waals surface area contributed by atoms with Gasteiger partial charge in [-0.3, -0.25) is 0 Å². The van der Waals surface area contributed by atoms with Gasteiger partial charge in [0, 0.05) is 42.3 Å². The second-order valence-corrected chi connectivity index (χ2v) is 9.82. The molecule has 0 spiro atoms. The van der Waals surface area contributed by atoms with Crippen molar-refractivity contribution in [2.75, 3.05) is 24.7 Å². The predicted octanol–water partition coefficient (Wildman–Crippen LogP) is 2.84. The van der Waals surface area contributed by atoms with Crippen LogP contribution < -0.4 is 4.90 Å². The number of aromatic nitrogens is 2. The van der Waals surface area contributed by atoms with Gasteiger partial charge in [0.1, 0.15) is 5.69 Å². The van der Waals surface area contributed by atoms with Crippen molar-refractivity contribution in [3.05, 3.63) is 35.5 Å². The summed E-state index contributed by atoms with van der Waals surface area (Å²) in [6.07, 6.45) is 0.888. The highest BCUT2D eigenvalue weighted by molar-refractivity contribution is 7.93. The van der Waals surface area contributed by atoms with Crippen molar-refractivity contribution in [1.82, 2.24) is 9.97 Å². The van der Waals surface area contributed by atoms with Crippen LogP contribution in [0.2, 0.25) is 0 Å². The van der Waals surface area contributed by atoms with Crippen LogP contribution in [0.3, 0.4) is 0 Å². The van der Waals surface area contributed by atoms with Gasteiger partial charge in [-0.2, -0.15) is 8.78 Å². The number of hydrogen-bond acceptors (Lipinski definition) is 6. The average molecular weight is 408 g/mol. The van der Waals surface area contributed by atoms with Crippen LogP contribution in [0.15, 0.2) is 33.5 Å². The molecule has 0 radical (unpaired) electrons. The number of anilines is 1.